The van der Waals surface area contributed by atoms with Crippen LogP contribution in [0.4, 0.5) is 17.5 Å². The Bertz CT molecular complexity index is 705. The molecule has 1 aromatic carbocycles. The molecule has 126 valence electrons. The second-order valence-corrected chi connectivity index (χ2v) is 7.05. The third kappa shape index (κ3) is 3.23. The predicted octanol–water partition coefficient (Wildman–Crippen LogP) is 4.61. The van der Waals surface area contributed by atoms with Gasteiger partial charge in [0.1, 0.15) is 5.82 Å². The molecule has 0 atom stereocenters. The van der Waals surface area contributed by atoms with Crippen molar-refractivity contribution in [3.05, 3.63) is 41.6 Å². The van der Waals surface area contributed by atoms with E-state index in [4.69, 9.17) is 4.98 Å². The lowest BCUT2D eigenvalue weighted by molar-refractivity contribution is 0.614. The first-order chi connectivity index (χ1) is 11.8. The van der Waals surface area contributed by atoms with Crippen LogP contribution in [0.2, 0.25) is 0 Å². The fourth-order valence-corrected chi connectivity index (χ4v) is 3.94. The fraction of sp³-hybridized carbons (Fsp3) is 0.500. The standard InChI is InChI=1S/C20H26N4/c1-15-14-19(24-13-12-16-8-6-7-11-18(16)24)23-20(21-15)22-17-9-4-2-3-5-10-17/h6-8,11,14,17H,2-5,9-10,12-13H2,1H3,(H,21,22,23). The van der Waals surface area contributed by atoms with E-state index in [0.717, 1.165) is 30.4 Å². The molecule has 1 aromatic heterocycles. The summed E-state index contributed by atoms with van der Waals surface area (Å²) in [4.78, 5) is 11.8. The number of nitrogens with zero attached hydrogens (tertiary/aromatic N) is 3. The number of hydrogen-bond donors (Lipinski definition) is 1. The molecule has 1 fully saturated rings. The maximum absolute atomic E-state index is 4.84. The van der Waals surface area contributed by atoms with Crippen LogP contribution < -0.4 is 10.2 Å². The predicted molar refractivity (Wildman–Crippen MR) is 99.0 cm³/mol. The van der Waals surface area contributed by atoms with Gasteiger partial charge in [-0.3, -0.25) is 0 Å². The molecule has 2 aliphatic rings. The summed E-state index contributed by atoms with van der Waals surface area (Å²) in [6, 6.07) is 11.3. The average Bonchev–Trinajstić information content (AvgIpc) is 2.85. The molecule has 1 aliphatic heterocycles. The van der Waals surface area contributed by atoms with Gasteiger partial charge in [0.15, 0.2) is 0 Å². The maximum atomic E-state index is 4.84. The highest BCUT2D eigenvalue weighted by atomic mass is 15.2. The number of para-hydroxylation sites is 1. The third-order valence-electron chi connectivity index (χ3n) is 5.19. The molecule has 0 unspecified atom stereocenters. The van der Waals surface area contributed by atoms with Gasteiger partial charge in [0, 0.05) is 30.0 Å². The monoisotopic (exact) mass is 322 g/mol. The Morgan fingerprint density at radius 1 is 1.04 bits per heavy atom. The van der Waals surface area contributed by atoms with Crippen molar-refractivity contribution in [2.24, 2.45) is 0 Å². The summed E-state index contributed by atoms with van der Waals surface area (Å²) in [6.45, 7) is 3.06. The van der Waals surface area contributed by atoms with Gasteiger partial charge in [-0.15, -0.1) is 0 Å². The summed E-state index contributed by atoms with van der Waals surface area (Å²) in [6.07, 6.45) is 8.92. The minimum Gasteiger partial charge on any atom is -0.351 e. The normalized spacial score (nSPS) is 18.3. The molecule has 24 heavy (non-hydrogen) atoms. The van der Waals surface area contributed by atoms with Crippen LogP contribution in [0.3, 0.4) is 0 Å². The van der Waals surface area contributed by atoms with Gasteiger partial charge >= 0.3 is 0 Å². The summed E-state index contributed by atoms with van der Waals surface area (Å²) >= 11 is 0. The van der Waals surface area contributed by atoms with E-state index in [1.165, 1.54) is 49.8 Å². The minimum atomic E-state index is 0.521. The molecule has 0 bridgehead atoms. The van der Waals surface area contributed by atoms with E-state index in [0.29, 0.717) is 6.04 Å². The van der Waals surface area contributed by atoms with E-state index in [2.05, 4.69) is 52.5 Å². The Hall–Kier alpha value is -2.10. The Kier molecular flexibility index (Phi) is 4.37. The number of fused-ring (bicyclic) bond motifs is 1. The molecule has 4 heteroatoms. The molecule has 2 heterocycles. The lowest BCUT2D eigenvalue weighted by Gasteiger charge is -2.21. The van der Waals surface area contributed by atoms with Crippen molar-refractivity contribution in [3.63, 3.8) is 0 Å². The van der Waals surface area contributed by atoms with Crippen LogP contribution in [0.25, 0.3) is 0 Å². The largest absolute Gasteiger partial charge is 0.351 e. The molecule has 1 aliphatic carbocycles. The summed E-state index contributed by atoms with van der Waals surface area (Å²) in [5.41, 5.74) is 3.73. The van der Waals surface area contributed by atoms with Gasteiger partial charge < -0.3 is 10.2 Å². The van der Waals surface area contributed by atoms with Crippen molar-refractivity contribution in [2.75, 3.05) is 16.8 Å². The van der Waals surface area contributed by atoms with E-state index in [-0.39, 0.29) is 0 Å². The van der Waals surface area contributed by atoms with Crippen LogP contribution in [0.1, 0.15) is 49.8 Å². The molecule has 1 saturated carbocycles. The van der Waals surface area contributed by atoms with E-state index in [1.807, 2.05) is 0 Å². The summed E-state index contributed by atoms with van der Waals surface area (Å²) in [7, 11) is 0. The van der Waals surface area contributed by atoms with Gasteiger partial charge in [0.05, 0.1) is 0 Å². The zero-order chi connectivity index (χ0) is 16.4. The zero-order valence-electron chi connectivity index (χ0n) is 14.5. The van der Waals surface area contributed by atoms with Crippen LogP contribution >= 0.6 is 0 Å². The van der Waals surface area contributed by atoms with Crippen LogP contribution in [0, 0.1) is 6.92 Å². The Morgan fingerprint density at radius 3 is 2.67 bits per heavy atom. The van der Waals surface area contributed by atoms with Crippen LogP contribution in [-0.2, 0) is 6.42 Å². The van der Waals surface area contributed by atoms with Crippen LogP contribution in [0.5, 0.6) is 0 Å². The molecular weight excluding hydrogens is 296 g/mol. The number of aryl methyl sites for hydroxylation is 1. The molecular formula is C20H26N4. The van der Waals surface area contributed by atoms with Crippen molar-refractivity contribution in [1.82, 2.24) is 9.97 Å². The molecule has 0 spiro atoms. The molecule has 4 nitrogen and oxygen atoms in total. The zero-order valence-corrected chi connectivity index (χ0v) is 14.5. The van der Waals surface area contributed by atoms with Gasteiger partial charge in [-0.25, -0.2) is 4.98 Å². The first-order valence-electron chi connectivity index (χ1n) is 9.27. The fourth-order valence-electron chi connectivity index (χ4n) is 3.94. The second kappa shape index (κ2) is 6.80. The van der Waals surface area contributed by atoms with Crippen molar-refractivity contribution in [1.29, 1.82) is 0 Å². The second-order valence-electron chi connectivity index (χ2n) is 7.05. The number of nitrogens with one attached hydrogen (secondary N) is 1. The van der Waals surface area contributed by atoms with Crippen molar-refractivity contribution in [2.45, 2.75) is 57.9 Å². The average molecular weight is 322 g/mol. The van der Waals surface area contributed by atoms with E-state index < -0.39 is 0 Å². The summed E-state index contributed by atoms with van der Waals surface area (Å²) < 4.78 is 0. The topological polar surface area (TPSA) is 41.1 Å². The van der Waals surface area contributed by atoms with Gasteiger partial charge in [0.25, 0.3) is 0 Å². The van der Waals surface area contributed by atoms with Crippen molar-refractivity contribution < 1.29 is 0 Å². The lowest BCUT2D eigenvalue weighted by Crippen LogP contribution is -2.22. The van der Waals surface area contributed by atoms with E-state index in [9.17, 15) is 0 Å². The third-order valence-corrected chi connectivity index (χ3v) is 5.19. The van der Waals surface area contributed by atoms with E-state index >= 15 is 0 Å². The molecule has 4 rings (SSSR count). The van der Waals surface area contributed by atoms with Crippen LogP contribution in [-0.4, -0.2) is 22.6 Å². The van der Waals surface area contributed by atoms with Crippen LogP contribution in [0.15, 0.2) is 30.3 Å². The minimum absolute atomic E-state index is 0.521. The number of aromatic nitrogens is 2. The van der Waals surface area contributed by atoms with E-state index in [1.54, 1.807) is 0 Å². The maximum Gasteiger partial charge on any atom is 0.225 e. The highest BCUT2D eigenvalue weighted by molar-refractivity contribution is 5.68. The molecule has 0 radical (unpaired) electrons. The number of hydrogen-bond acceptors (Lipinski definition) is 4. The molecule has 0 amide bonds. The highest BCUT2D eigenvalue weighted by Crippen LogP contribution is 2.33. The number of anilines is 3. The van der Waals surface area contributed by atoms with Gasteiger partial charge in [-0.2, -0.15) is 4.98 Å². The summed E-state index contributed by atoms with van der Waals surface area (Å²) in [5, 5.41) is 3.60. The summed E-state index contributed by atoms with van der Waals surface area (Å²) in [5.74, 6) is 1.81. The molecule has 1 N–H and O–H groups in total. The lowest BCUT2D eigenvalue weighted by atomic mass is 10.1. The Morgan fingerprint density at radius 2 is 1.83 bits per heavy atom. The Labute approximate surface area is 144 Å². The first kappa shape index (κ1) is 15.4. The first-order valence-corrected chi connectivity index (χ1v) is 9.27. The van der Waals surface area contributed by atoms with Gasteiger partial charge in [0.2, 0.25) is 5.95 Å². The smallest absolute Gasteiger partial charge is 0.225 e. The van der Waals surface area contributed by atoms with Crippen molar-refractivity contribution in [3.8, 4) is 0 Å². The quantitative estimate of drug-likeness (QED) is 0.838. The number of benzene rings is 1. The van der Waals surface area contributed by atoms with Gasteiger partial charge in [-0.1, -0.05) is 43.9 Å². The SMILES string of the molecule is Cc1cc(N2CCc3ccccc32)nc(NC2CCCCCC2)n1. The van der Waals surface area contributed by atoms with Gasteiger partial charge in [-0.05, 0) is 37.8 Å². The molecule has 2 aromatic rings. The van der Waals surface area contributed by atoms with Crippen molar-refractivity contribution >= 4 is 17.5 Å². The number of rotatable bonds is 3. The highest BCUT2D eigenvalue weighted by Gasteiger charge is 2.22. The molecule has 0 saturated heterocycles. The Balaban J connectivity index is 1.58.